The number of carbonyl (C=O) groups is 1. The number of ether oxygens (including phenoxy) is 1. The van der Waals surface area contributed by atoms with Gasteiger partial charge in [-0.3, -0.25) is 4.99 Å². The van der Waals surface area contributed by atoms with Crippen LogP contribution < -0.4 is 16.0 Å². The van der Waals surface area contributed by atoms with E-state index in [1.54, 1.807) is 7.05 Å². The van der Waals surface area contributed by atoms with E-state index in [2.05, 4.69) is 34.8 Å². The monoisotopic (exact) mass is 442 g/mol. The minimum Gasteiger partial charge on any atom is -0.444 e. The molecule has 1 amide bonds. The summed E-state index contributed by atoms with van der Waals surface area (Å²) in [5.74, 6) is 1.48. The third kappa shape index (κ3) is 14.6. The highest BCUT2D eigenvalue weighted by atomic mass is 127. The van der Waals surface area contributed by atoms with Gasteiger partial charge in [-0.2, -0.15) is 0 Å². The topological polar surface area (TPSA) is 74.8 Å². The van der Waals surface area contributed by atoms with Gasteiger partial charge in [0, 0.05) is 26.7 Å². The summed E-state index contributed by atoms with van der Waals surface area (Å²) in [4.78, 5) is 15.7. The number of rotatable bonds is 8. The molecule has 0 atom stereocenters. The highest BCUT2D eigenvalue weighted by Crippen LogP contribution is 2.06. The third-order valence-electron chi connectivity index (χ3n) is 3.25. The molecule has 0 saturated carbocycles. The number of alkyl carbamates (subject to hydrolysis) is 1. The summed E-state index contributed by atoms with van der Waals surface area (Å²) in [6.07, 6.45) is 2.77. The van der Waals surface area contributed by atoms with Gasteiger partial charge in [-0.15, -0.1) is 24.0 Å². The summed E-state index contributed by atoms with van der Waals surface area (Å²) in [5, 5.41) is 9.31. The summed E-state index contributed by atoms with van der Waals surface area (Å²) >= 11 is 0. The molecule has 0 spiro atoms. The van der Waals surface area contributed by atoms with E-state index >= 15 is 0 Å². The van der Waals surface area contributed by atoms with E-state index in [9.17, 15) is 4.79 Å². The van der Waals surface area contributed by atoms with Gasteiger partial charge in [0.2, 0.25) is 0 Å². The van der Waals surface area contributed by atoms with Crippen LogP contribution in [0.15, 0.2) is 4.99 Å². The lowest BCUT2D eigenvalue weighted by molar-refractivity contribution is 0.0527. The van der Waals surface area contributed by atoms with Gasteiger partial charge < -0.3 is 20.7 Å². The van der Waals surface area contributed by atoms with Crippen LogP contribution in [0.1, 0.15) is 53.9 Å². The fourth-order valence-corrected chi connectivity index (χ4v) is 1.84. The van der Waals surface area contributed by atoms with Crippen molar-refractivity contribution in [3.63, 3.8) is 0 Å². The Hall–Kier alpha value is -0.730. The first-order chi connectivity index (χ1) is 10.3. The van der Waals surface area contributed by atoms with Crippen LogP contribution in [0.25, 0.3) is 0 Å². The first-order valence-corrected chi connectivity index (χ1v) is 8.23. The zero-order chi connectivity index (χ0) is 17.0. The molecule has 0 aromatic rings. The summed E-state index contributed by atoms with van der Waals surface area (Å²) in [5.41, 5.74) is -0.455. The number of nitrogens with zero attached hydrogens (tertiary/aromatic N) is 1. The van der Waals surface area contributed by atoms with E-state index < -0.39 is 5.60 Å². The van der Waals surface area contributed by atoms with Crippen molar-refractivity contribution in [3.8, 4) is 0 Å². The Morgan fingerprint density at radius 1 is 1.09 bits per heavy atom. The standard InChI is InChI=1S/C16H34N4O2.HI/c1-7-13(8-2)12-20-14(17-6)18-10-9-11-19-15(21)22-16(3,4)5;/h13H,7-12H2,1-6H3,(H,19,21)(H2,17,18,20);1H. The van der Waals surface area contributed by atoms with E-state index in [1.165, 1.54) is 12.8 Å². The summed E-state index contributed by atoms with van der Waals surface area (Å²) < 4.78 is 5.17. The lowest BCUT2D eigenvalue weighted by Gasteiger charge is -2.20. The van der Waals surface area contributed by atoms with E-state index in [-0.39, 0.29) is 30.1 Å². The SMILES string of the molecule is CCC(CC)CNC(=NC)NCCCNC(=O)OC(C)(C)C.I. The van der Waals surface area contributed by atoms with E-state index in [0.717, 1.165) is 25.5 Å². The summed E-state index contributed by atoms with van der Waals surface area (Å²) in [6, 6.07) is 0. The molecule has 0 heterocycles. The Kier molecular flexibility index (Phi) is 14.6. The smallest absolute Gasteiger partial charge is 0.407 e. The summed E-state index contributed by atoms with van der Waals surface area (Å²) in [7, 11) is 1.77. The number of amides is 1. The van der Waals surface area contributed by atoms with Crippen molar-refractivity contribution in [2.45, 2.75) is 59.5 Å². The van der Waals surface area contributed by atoms with Crippen molar-refractivity contribution in [2.24, 2.45) is 10.9 Å². The maximum Gasteiger partial charge on any atom is 0.407 e. The molecule has 0 aliphatic carbocycles. The van der Waals surface area contributed by atoms with Crippen LogP contribution in [0.5, 0.6) is 0 Å². The number of aliphatic imine (C=N–C) groups is 1. The summed E-state index contributed by atoms with van der Waals surface area (Å²) in [6.45, 7) is 12.2. The predicted molar refractivity (Wildman–Crippen MR) is 108 cm³/mol. The van der Waals surface area contributed by atoms with Gasteiger partial charge in [0.1, 0.15) is 5.60 Å². The first kappa shape index (κ1) is 24.5. The Labute approximate surface area is 158 Å². The highest BCUT2D eigenvalue weighted by molar-refractivity contribution is 14.0. The maximum atomic E-state index is 11.5. The van der Waals surface area contributed by atoms with Crippen LogP contribution in [-0.2, 0) is 4.74 Å². The molecule has 0 aliphatic heterocycles. The largest absolute Gasteiger partial charge is 0.444 e. The van der Waals surface area contributed by atoms with Crippen LogP contribution in [0, 0.1) is 5.92 Å². The zero-order valence-electron chi connectivity index (χ0n) is 15.5. The molecule has 7 heteroatoms. The van der Waals surface area contributed by atoms with Gasteiger partial charge in [0.25, 0.3) is 0 Å². The number of carbonyl (C=O) groups excluding carboxylic acids is 1. The maximum absolute atomic E-state index is 11.5. The van der Waals surface area contributed by atoms with E-state index in [4.69, 9.17) is 4.74 Å². The fourth-order valence-electron chi connectivity index (χ4n) is 1.84. The van der Waals surface area contributed by atoms with Crippen molar-refractivity contribution < 1.29 is 9.53 Å². The van der Waals surface area contributed by atoms with E-state index in [0.29, 0.717) is 12.5 Å². The molecule has 23 heavy (non-hydrogen) atoms. The molecule has 0 radical (unpaired) electrons. The van der Waals surface area contributed by atoms with Crippen molar-refractivity contribution in [1.29, 1.82) is 0 Å². The molecule has 0 aromatic carbocycles. The van der Waals surface area contributed by atoms with Crippen LogP contribution in [-0.4, -0.2) is 44.3 Å². The highest BCUT2D eigenvalue weighted by Gasteiger charge is 2.15. The molecule has 0 rings (SSSR count). The average molecular weight is 442 g/mol. The van der Waals surface area contributed by atoms with Crippen LogP contribution >= 0.6 is 24.0 Å². The number of halogens is 1. The van der Waals surface area contributed by atoms with Crippen molar-refractivity contribution in [2.75, 3.05) is 26.7 Å². The number of guanidine groups is 1. The Morgan fingerprint density at radius 2 is 1.65 bits per heavy atom. The second kappa shape index (κ2) is 13.7. The van der Waals surface area contributed by atoms with Crippen LogP contribution in [0.2, 0.25) is 0 Å². The van der Waals surface area contributed by atoms with Gasteiger partial charge in [-0.1, -0.05) is 26.7 Å². The second-order valence-corrected chi connectivity index (χ2v) is 6.34. The van der Waals surface area contributed by atoms with Gasteiger partial charge in [0.15, 0.2) is 5.96 Å². The molecule has 138 valence electrons. The minimum absolute atomic E-state index is 0. The average Bonchev–Trinajstić information content (AvgIpc) is 2.43. The second-order valence-electron chi connectivity index (χ2n) is 6.34. The van der Waals surface area contributed by atoms with Crippen molar-refractivity contribution in [3.05, 3.63) is 0 Å². The normalized spacial score (nSPS) is 11.7. The molecule has 0 aliphatic rings. The predicted octanol–water partition coefficient (Wildman–Crippen LogP) is 3.12. The van der Waals surface area contributed by atoms with E-state index in [1.807, 2.05) is 20.8 Å². The van der Waals surface area contributed by atoms with Gasteiger partial charge in [-0.05, 0) is 33.1 Å². The number of nitrogens with one attached hydrogen (secondary N) is 3. The third-order valence-corrected chi connectivity index (χ3v) is 3.25. The van der Waals surface area contributed by atoms with Crippen LogP contribution in [0.4, 0.5) is 4.79 Å². The Bertz CT molecular complexity index is 339. The van der Waals surface area contributed by atoms with Crippen molar-refractivity contribution >= 4 is 36.0 Å². The number of hydrogen-bond acceptors (Lipinski definition) is 3. The van der Waals surface area contributed by atoms with Gasteiger partial charge in [0.05, 0.1) is 0 Å². The molecule has 6 nitrogen and oxygen atoms in total. The molecule has 0 bridgehead atoms. The van der Waals surface area contributed by atoms with Gasteiger partial charge in [-0.25, -0.2) is 4.79 Å². The minimum atomic E-state index is -0.455. The van der Waals surface area contributed by atoms with Crippen molar-refractivity contribution in [1.82, 2.24) is 16.0 Å². The molecule has 3 N–H and O–H groups in total. The molecule has 0 saturated heterocycles. The lowest BCUT2D eigenvalue weighted by atomic mass is 10.0. The van der Waals surface area contributed by atoms with Gasteiger partial charge >= 0.3 is 6.09 Å². The lowest BCUT2D eigenvalue weighted by Crippen LogP contribution is -2.41. The number of hydrogen-bond donors (Lipinski definition) is 3. The molecular weight excluding hydrogens is 407 g/mol. The molecule has 0 aromatic heterocycles. The quantitative estimate of drug-likeness (QED) is 0.234. The van der Waals surface area contributed by atoms with Crippen LogP contribution in [0.3, 0.4) is 0 Å². The first-order valence-electron chi connectivity index (χ1n) is 8.23. The Balaban J connectivity index is 0. The molecule has 0 fully saturated rings. The molecule has 0 unspecified atom stereocenters. The fraction of sp³-hybridized carbons (Fsp3) is 0.875. The molecular formula is C16H35IN4O2. The Morgan fingerprint density at radius 3 is 2.13 bits per heavy atom. The zero-order valence-corrected chi connectivity index (χ0v) is 17.8.